The Hall–Kier alpha value is -0.760. The van der Waals surface area contributed by atoms with E-state index >= 15 is 0 Å². The summed E-state index contributed by atoms with van der Waals surface area (Å²) in [4.78, 5) is 5.44. The Morgan fingerprint density at radius 2 is 2.42 bits per heavy atom. The van der Waals surface area contributed by atoms with E-state index in [2.05, 4.69) is 29.5 Å². The van der Waals surface area contributed by atoms with Crippen molar-refractivity contribution in [2.75, 3.05) is 0 Å². The molecule has 0 spiro atoms. The van der Waals surface area contributed by atoms with Gasteiger partial charge in [-0.3, -0.25) is 4.98 Å². The van der Waals surface area contributed by atoms with E-state index in [1.165, 1.54) is 4.90 Å². The zero-order chi connectivity index (χ0) is 8.81. The highest BCUT2D eigenvalue weighted by Crippen LogP contribution is 2.20. The lowest BCUT2D eigenvalue weighted by Crippen LogP contribution is -1.80. The summed E-state index contributed by atoms with van der Waals surface area (Å²) in [5.41, 5.74) is 1.10. The first-order chi connectivity index (χ1) is 5.84. The summed E-state index contributed by atoms with van der Waals surface area (Å²) >= 11 is 1.73. The van der Waals surface area contributed by atoms with Crippen LogP contribution in [0.2, 0.25) is 0 Å². The van der Waals surface area contributed by atoms with Crippen molar-refractivity contribution in [2.45, 2.75) is 25.2 Å². The van der Waals surface area contributed by atoms with Gasteiger partial charge in [0.25, 0.3) is 0 Å². The maximum Gasteiger partial charge on any atom is 0.0511 e. The molecule has 0 saturated carbocycles. The third-order valence-electron chi connectivity index (χ3n) is 1.49. The number of hydrogen-bond donors (Lipinski definition) is 0. The Morgan fingerprint density at radius 1 is 1.58 bits per heavy atom. The van der Waals surface area contributed by atoms with Crippen LogP contribution in [0.3, 0.4) is 0 Å². The maximum atomic E-state index is 4.20. The quantitative estimate of drug-likeness (QED) is 0.659. The average Bonchev–Trinajstić information content (AvgIpc) is 2.09. The van der Waals surface area contributed by atoms with Gasteiger partial charge in [-0.15, -0.1) is 0 Å². The number of nitrogens with zero attached hydrogens (tertiary/aromatic N) is 1. The molecule has 1 rings (SSSR count). The fraction of sp³-hybridized carbons (Fsp3) is 0.300. The molecule has 1 aromatic heterocycles. The maximum absolute atomic E-state index is 4.20. The predicted molar refractivity (Wildman–Crippen MR) is 54.3 cm³/mol. The number of pyridine rings is 1. The minimum absolute atomic E-state index is 1.09. The van der Waals surface area contributed by atoms with Crippen LogP contribution in [0.25, 0.3) is 0 Å². The van der Waals surface area contributed by atoms with Crippen molar-refractivity contribution in [3.05, 3.63) is 35.5 Å². The van der Waals surface area contributed by atoms with E-state index in [-0.39, 0.29) is 0 Å². The van der Waals surface area contributed by atoms with Crippen LogP contribution in [0, 0.1) is 6.92 Å². The van der Waals surface area contributed by atoms with Gasteiger partial charge < -0.3 is 0 Å². The van der Waals surface area contributed by atoms with Crippen LogP contribution in [0.4, 0.5) is 0 Å². The third kappa shape index (κ3) is 2.70. The monoisotopic (exact) mass is 179 g/mol. The summed E-state index contributed by atoms with van der Waals surface area (Å²) in [7, 11) is 0. The standard InChI is InChI=1S/C10H13NS/c1-3-4-8-12-10-6-5-7-11-9(10)2/h4-8H,3H2,1-2H3. The Balaban J connectivity index is 2.63. The van der Waals surface area contributed by atoms with Crippen molar-refractivity contribution in [1.29, 1.82) is 0 Å². The van der Waals surface area contributed by atoms with Crippen LogP contribution in [0.1, 0.15) is 19.0 Å². The van der Waals surface area contributed by atoms with Gasteiger partial charge in [-0.1, -0.05) is 24.8 Å². The minimum Gasteiger partial charge on any atom is -0.260 e. The molecule has 0 aromatic carbocycles. The number of rotatable bonds is 3. The molecule has 0 aliphatic rings. The molecule has 0 aliphatic carbocycles. The smallest absolute Gasteiger partial charge is 0.0511 e. The molecule has 1 aromatic rings. The first-order valence-corrected chi connectivity index (χ1v) is 4.96. The van der Waals surface area contributed by atoms with Crippen LogP contribution >= 0.6 is 11.8 Å². The van der Waals surface area contributed by atoms with Gasteiger partial charge in [-0.2, -0.15) is 0 Å². The molecule has 0 atom stereocenters. The minimum atomic E-state index is 1.09. The number of aromatic nitrogens is 1. The van der Waals surface area contributed by atoms with Crippen LogP contribution in [0.15, 0.2) is 34.7 Å². The molecule has 0 fully saturated rings. The Labute approximate surface area is 77.9 Å². The number of aryl methyl sites for hydroxylation is 1. The molecular formula is C10H13NS. The molecule has 12 heavy (non-hydrogen) atoms. The van der Waals surface area contributed by atoms with E-state index in [1.807, 2.05) is 19.2 Å². The molecule has 64 valence electrons. The van der Waals surface area contributed by atoms with Crippen molar-refractivity contribution in [1.82, 2.24) is 4.98 Å². The van der Waals surface area contributed by atoms with Gasteiger partial charge in [0.1, 0.15) is 0 Å². The van der Waals surface area contributed by atoms with E-state index in [9.17, 15) is 0 Å². The molecule has 0 aliphatic heterocycles. The van der Waals surface area contributed by atoms with E-state index in [4.69, 9.17) is 0 Å². The van der Waals surface area contributed by atoms with Crippen molar-refractivity contribution in [3.8, 4) is 0 Å². The highest BCUT2D eigenvalue weighted by atomic mass is 32.2. The average molecular weight is 179 g/mol. The SMILES string of the molecule is CCC=CSc1cccnc1C. The molecule has 2 heteroatoms. The third-order valence-corrected chi connectivity index (χ3v) is 2.50. The van der Waals surface area contributed by atoms with Crippen LogP contribution in [0.5, 0.6) is 0 Å². The fourth-order valence-electron chi connectivity index (χ4n) is 0.812. The molecule has 0 radical (unpaired) electrons. The zero-order valence-corrected chi connectivity index (χ0v) is 8.27. The van der Waals surface area contributed by atoms with Crippen molar-refractivity contribution in [2.24, 2.45) is 0 Å². The lowest BCUT2D eigenvalue weighted by atomic mass is 10.4. The van der Waals surface area contributed by atoms with Crippen LogP contribution < -0.4 is 0 Å². The second-order valence-corrected chi connectivity index (χ2v) is 3.43. The second-order valence-electron chi connectivity index (χ2n) is 2.48. The summed E-state index contributed by atoms with van der Waals surface area (Å²) in [6, 6.07) is 4.06. The molecule has 0 unspecified atom stereocenters. The lowest BCUT2D eigenvalue weighted by Gasteiger charge is -1.98. The van der Waals surface area contributed by atoms with Gasteiger partial charge in [-0.05, 0) is 30.9 Å². The number of thioether (sulfide) groups is 1. The normalized spacial score (nSPS) is 10.8. The van der Waals surface area contributed by atoms with Gasteiger partial charge in [0.05, 0.1) is 5.69 Å². The van der Waals surface area contributed by atoms with E-state index in [1.54, 1.807) is 11.8 Å². The summed E-state index contributed by atoms with van der Waals surface area (Å²) in [6.45, 7) is 4.16. The molecule has 0 amide bonds. The summed E-state index contributed by atoms with van der Waals surface area (Å²) in [5.74, 6) is 0. The Bertz CT molecular complexity index is 268. The molecule has 0 saturated heterocycles. The molecule has 1 nitrogen and oxygen atoms in total. The Morgan fingerprint density at radius 3 is 3.08 bits per heavy atom. The fourth-order valence-corrected chi connectivity index (χ4v) is 1.63. The zero-order valence-electron chi connectivity index (χ0n) is 7.45. The van der Waals surface area contributed by atoms with Gasteiger partial charge in [0.2, 0.25) is 0 Å². The first kappa shape index (κ1) is 9.33. The topological polar surface area (TPSA) is 12.9 Å². The van der Waals surface area contributed by atoms with Crippen molar-refractivity contribution >= 4 is 11.8 Å². The summed E-state index contributed by atoms with van der Waals surface area (Å²) in [5, 5.41) is 2.12. The van der Waals surface area contributed by atoms with Gasteiger partial charge in [-0.25, -0.2) is 0 Å². The lowest BCUT2D eigenvalue weighted by molar-refractivity contribution is 1.12. The summed E-state index contributed by atoms with van der Waals surface area (Å²) in [6.07, 6.45) is 5.06. The number of hydrogen-bond acceptors (Lipinski definition) is 2. The molecule has 0 N–H and O–H groups in total. The van der Waals surface area contributed by atoms with E-state index in [0.29, 0.717) is 0 Å². The Kier molecular flexibility index (Phi) is 3.88. The molecule has 0 bridgehead atoms. The highest BCUT2D eigenvalue weighted by molar-refractivity contribution is 8.02. The first-order valence-electron chi connectivity index (χ1n) is 4.08. The largest absolute Gasteiger partial charge is 0.260 e. The van der Waals surface area contributed by atoms with Gasteiger partial charge >= 0.3 is 0 Å². The predicted octanol–water partition coefficient (Wildman–Crippen LogP) is 3.41. The van der Waals surface area contributed by atoms with Gasteiger partial charge in [0.15, 0.2) is 0 Å². The van der Waals surface area contributed by atoms with Crippen LogP contribution in [-0.2, 0) is 0 Å². The summed E-state index contributed by atoms with van der Waals surface area (Å²) < 4.78 is 0. The van der Waals surface area contributed by atoms with Crippen molar-refractivity contribution < 1.29 is 0 Å². The van der Waals surface area contributed by atoms with Gasteiger partial charge in [0, 0.05) is 11.1 Å². The second kappa shape index (κ2) is 4.99. The molecule has 1 heterocycles. The van der Waals surface area contributed by atoms with E-state index < -0.39 is 0 Å². The molecular weight excluding hydrogens is 166 g/mol. The highest BCUT2D eigenvalue weighted by Gasteiger charge is 1.94. The number of allylic oxidation sites excluding steroid dienone is 1. The van der Waals surface area contributed by atoms with E-state index in [0.717, 1.165) is 12.1 Å². The van der Waals surface area contributed by atoms with Crippen LogP contribution in [-0.4, -0.2) is 4.98 Å². The van der Waals surface area contributed by atoms with Crippen molar-refractivity contribution in [3.63, 3.8) is 0 Å².